The summed E-state index contributed by atoms with van der Waals surface area (Å²) in [5, 5.41) is 5.76. The van der Waals surface area contributed by atoms with Gasteiger partial charge in [0, 0.05) is 23.4 Å². The summed E-state index contributed by atoms with van der Waals surface area (Å²) in [5.41, 5.74) is 1.04. The molecule has 17 heavy (non-hydrogen) atoms. The molecule has 1 aliphatic heterocycles. The van der Waals surface area contributed by atoms with Gasteiger partial charge >= 0.3 is 0 Å². The molecule has 5 heteroatoms. The molecule has 0 atom stereocenters. The number of carbonyl (C=O) groups excluding carboxylic acids is 1. The maximum Gasteiger partial charge on any atom is 0.228 e. The second-order valence-electron chi connectivity index (χ2n) is 4.10. The van der Waals surface area contributed by atoms with Crippen molar-refractivity contribution in [2.75, 3.05) is 6.54 Å². The van der Waals surface area contributed by atoms with E-state index in [1.54, 1.807) is 17.5 Å². The van der Waals surface area contributed by atoms with Crippen LogP contribution in [0.1, 0.15) is 16.2 Å². The third-order valence-corrected chi connectivity index (χ3v) is 3.83. The van der Waals surface area contributed by atoms with Crippen molar-refractivity contribution in [3.8, 4) is 0 Å². The van der Waals surface area contributed by atoms with E-state index in [2.05, 4.69) is 5.16 Å². The first-order valence-corrected chi connectivity index (χ1v) is 6.43. The number of aromatic nitrogens is 1. The third-order valence-electron chi connectivity index (χ3n) is 2.96. The Morgan fingerprint density at radius 2 is 2.53 bits per heavy atom. The lowest BCUT2D eigenvalue weighted by Crippen LogP contribution is -2.36. The van der Waals surface area contributed by atoms with E-state index < -0.39 is 0 Å². The van der Waals surface area contributed by atoms with Crippen molar-refractivity contribution in [1.82, 2.24) is 10.1 Å². The predicted octanol–water partition coefficient (Wildman–Crippen LogP) is 1.86. The molecule has 3 heterocycles. The molecular formula is C12H12N2O2S. The Balaban J connectivity index is 1.68. The molecule has 1 amide bonds. The molecule has 0 aliphatic carbocycles. The Kier molecular flexibility index (Phi) is 2.68. The topological polar surface area (TPSA) is 46.3 Å². The Hall–Kier alpha value is -1.62. The van der Waals surface area contributed by atoms with Crippen LogP contribution in [-0.4, -0.2) is 22.5 Å². The molecular weight excluding hydrogens is 236 g/mol. The van der Waals surface area contributed by atoms with Gasteiger partial charge in [-0.15, -0.1) is 11.3 Å². The first-order chi connectivity index (χ1) is 8.33. The predicted molar refractivity (Wildman–Crippen MR) is 63.6 cm³/mol. The van der Waals surface area contributed by atoms with Crippen molar-refractivity contribution in [1.29, 1.82) is 0 Å². The second-order valence-corrected chi connectivity index (χ2v) is 5.13. The zero-order chi connectivity index (χ0) is 11.7. The zero-order valence-corrected chi connectivity index (χ0v) is 10.1. The van der Waals surface area contributed by atoms with Gasteiger partial charge in [0.25, 0.3) is 0 Å². The minimum Gasteiger partial charge on any atom is -0.361 e. The lowest BCUT2D eigenvalue weighted by molar-refractivity contribution is -0.131. The Labute approximate surface area is 103 Å². The van der Waals surface area contributed by atoms with Crippen LogP contribution in [0.5, 0.6) is 0 Å². The largest absolute Gasteiger partial charge is 0.361 e. The Morgan fingerprint density at radius 1 is 1.59 bits per heavy atom. The number of hydrogen-bond acceptors (Lipinski definition) is 4. The summed E-state index contributed by atoms with van der Waals surface area (Å²) in [6, 6.07) is 3.97. The molecule has 0 N–H and O–H groups in total. The van der Waals surface area contributed by atoms with E-state index >= 15 is 0 Å². The molecule has 0 saturated heterocycles. The highest BCUT2D eigenvalue weighted by atomic mass is 32.1. The highest BCUT2D eigenvalue weighted by molar-refractivity contribution is 7.10. The first kappa shape index (κ1) is 10.5. The summed E-state index contributed by atoms with van der Waals surface area (Å²) in [6.45, 7) is 1.36. The molecule has 2 aromatic heterocycles. The average molecular weight is 248 g/mol. The van der Waals surface area contributed by atoms with Crippen molar-refractivity contribution in [3.63, 3.8) is 0 Å². The van der Waals surface area contributed by atoms with E-state index in [9.17, 15) is 4.79 Å². The van der Waals surface area contributed by atoms with Gasteiger partial charge in [-0.2, -0.15) is 0 Å². The lowest BCUT2D eigenvalue weighted by Gasteiger charge is -2.25. The van der Waals surface area contributed by atoms with Crippen molar-refractivity contribution < 1.29 is 9.32 Å². The number of amides is 1. The van der Waals surface area contributed by atoms with E-state index in [1.165, 1.54) is 0 Å². The number of nitrogens with zero attached hydrogens (tertiary/aromatic N) is 2. The van der Waals surface area contributed by atoms with Crippen LogP contribution in [0, 0.1) is 0 Å². The van der Waals surface area contributed by atoms with Gasteiger partial charge in [0.1, 0.15) is 5.76 Å². The van der Waals surface area contributed by atoms with E-state index in [1.807, 2.05) is 22.4 Å². The minimum atomic E-state index is 0.180. The quantitative estimate of drug-likeness (QED) is 0.815. The van der Waals surface area contributed by atoms with E-state index in [0.29, 0.717) is 13.0 Å². The second kappa shape index (κ2) is 4.33. The van der Waals surface area contributed by atoms with Crippen molar-refractivity contribution in [2.24, 2.45) is 0 Å². The molecule has 3 rings (SSSR count). The fourth-order valence-corrected chi connectivity index (χ4v) is 2.72. The summed E-state index contributed by atoms with van der Waals surface area (Å²) in [5.74, 6) is 1.10. The van der Waals surface area contributed by atoms with Crippen LogP contribution in [0.2, 0.25) is 0 Å². The summed E-state index contributed by atoms with van der Waals surface area (Å²) in [4.78, 5) is 15.1. The Bertz CT molecular complexity index is 518. The maximum atomic E-state index is 12.1. The number of hydrogen-bond donors (Lipinski definition) is 0. The summed E-state index contributed by atoms with van der Waals surface area (Å²) < 4.78 is 5.10. The SMILES string of the molecule is O=C(Cc1cccs1)N1CCc2oncc2C1. The average Bonchev–Trinajstić information content (AvgIpc) is 2.97. The molecule has 0 saturated carbocycles. The normalized spacial score (nSPS) is 14.7. The van der Waals surface area contributed by atoms with E-state index in [4.69, 9.17) is 4.52 Å². The molecule has 1 aliphatic rings. The fraction of sp³-hybridized carbons (Fsp3) is 0.333. The van der Waals surface area contributed by atoms with E-state index in [-0.39, 0.29) is 5.91 Å². The summed E-state index contributed by atoms with van der Waals surface area (Å²) in [6.07, 6.45) is 2.98. The van der Waals surface area contributed by atoms with Crippen LogP contribution < -0.4 is 0 Å². The molecule has 0 spiro atoms. The summed E-state index contributed by atoms with van der Waals surface area (Å²) in [7, 11) is 0. The van der Waals surface area contributed by atoms with Crippen LogP contribution in [0.15, 0.2) is 28.2 Å². The highest BCUT2D eigenvalue weighted by Gasteiger charge is 2.23. The van der Waals surface area contributed by atoms with Crippen LogP contribution >= 0.6 is 11.3 Å². The smallest absolute Gasteiger partial charge is 0.228 e. The summed E-state index contributed by atoms with van der Waals surface area (Å²) >= 11 is 1.62. The number of carbonyl (C=O) groups is 1. The molecule has 4 nitrogen and oxygen atoms in total. The van der Waals surface area contributed by atoms with E-state index in [0.717, 1.165) is 29.2 Å². The first-order valence-electron chi connectivity index (χ1n) is 5.55. The Morgan fingerprint density at radius 3 is 3.35 bits per heavy atom. The maximum absolute atomic E-state index is 12.1. The van der Waals surface area contributed by atoms with Crippen LogP contribution in [0.3, 0.4) is 0 Å². The zero-order valence-electron chi connectivity index (χ0n) is 9.26. The van der Waals surface area contributed by atoms with Gasteiger partial charge in [-0.05, 0) is 11.4 Å². The monoisotopic (exact) mass is 248 g/mol. The van der Waals surface area contributed by atoms with Gasteiger partial charge in [0.05, 0.1) is 19.2 Å². The van der Waals surface area contributed by atoms with Gasteiger partial charge in [-0.1, -0.05) is 11.2 Å². The van der Waals surface area contributed by atoms with Gasteiger partial charge in [0.15, 0.2) is 0 Å². The number of fused-ring (bicyclic) bond motifs is 1. The molecule has 0 bridgehead atoms. The van der Waals surface area contributed by atoms with Gasteiger partial charge in [-0.3, -0.25) is 4.79 Å². The number of thiophene rings is 1. The molecule has 0 aromatic carbocycles. The molecule has 0 unspecified atom stereocenters. The van der Waals surface area contributed by atoms with Gasteiger partial charge < -0.3 is 9.42 Å². The molecule has 2 aromatic rings. The lowest BCUT2D eigenvalue weighted by atomic mass is 10.1. The van der Waals surface area contributed by atoms with Crippen LogP contribution in [0.4, 0.5) is 0 Å². The minimum absolute atomic E-state index is 0.180. The van der Waals surface area contributed by atoms with Gasteiger partial charge in [-0.25, -0.2) is 0 Å². The van der Waals surface area contributed by atoms with Crippen molar-refractivity contribution >= 4 is 17.2 Å². The number of rotatable bonds is 2. The standard InChI is InChI=1S/C12H12N2O2S/c15-12(6-10-2-1-5-17-10)14-4-3-11-9(8-14)7-13-16-11/h1-2,5,7H,3-4,6,8H2. The van der Waals surface area contributed by atoms with Gasteiger partial charge in [0.2, 0.25) is 5.91 Å². The van der Waals surface area contributed by atoms with Crippen LogP contribution in [0.25, 0.3) is 0 Å². The highest BCUT2D eigenvalue weighted by Crippen LogP contribution is 2.19. The molecule has 88 valence electrons. The molecule has 0 radical (unpaired) electrons. The fourth-order valence-electron chi connectivity index (χ4n) is 2.03. The van der Waals surface area contributed by atoms with Crippen molar-refractivity contribution in [3.05, 3.63) is 39.9 Å². The third kappa shape index (κ3) is 2.10. The van der Waals surface area contributed by atoms with Crippen LogP contribution in [-0.2, 0) is 24.2 Å². The van der Waals surface area contributed by atoms with Crippen molar-refractivity contribution in [2.45, 2.75) is 19.4 Å². The molecule has 0 fully saturated rings.